The summed E-state index contributed by atoms with van der Waals surface area (Å²) in [6.07, 6.45) is 0.413. The molecule has 2 amide bonds. The summed E-state index contributed by atoms with van der Waals surface area (Å²) < 4.78 is 5.69. The normalized spacial score (nSPS) is 10.2. The van der Waals surface area contributed by atoms with Gasteiger partial charge in [0.2, 0.25) is 6.41 Å². The second-order valence-corrected chi connectivity index (χ2v) is 6.46. The Balaban J connectivity index is 1.75. The minimum atomic E-state index is -0.561. The zero-order valence-corrected chi connectivity index (χ0v) is 15.8. The number of ether oxygens (including phenoxy) is 1. The molecule has 3 aromatic carbocycles. The van der Waals surface area contributed by atoms with Crippen LogP contribution in [0, 0.1) is 0 Å². The molecule has 3 N–H and O–H groups in total. The van der Waals surface area contributed by atoms with Crippen LogP contribution in [-0.2, 0) is 4.79 Å². The fraction of sp³-hybridized carbons (Fsp3) is 0. The van der Waals surface area contributed by atoms with Crippen LogP contribution in [0.3, 0.4) is 0 Å². The smallest absolute Gasteiger partial charge is 0.259 e. The fourth-order valence-corrected chi connectivity index (χ4v) is 2.74. The average molecular weight is 417 g/mol. The van der Waals surface area contributed by atoms with Crippen molar-refractivity contribution in [3.8, 4) is 17.2 Å². The molecule has 8 heteroatoms. The summed E-state index contributed by atoms with van der Waals surface area (Å²) in [6, 6.07) is 16.0. The molecule has 3 rings (SSSR count). The van der Waals surface area contributed by atoms with Gasteiger partial charge in [-0.3, -0.25) is 9.59 Å². The van der Waals surface area contributed by atoms with Crippen molar-refractivity contribution in [2.45, 2.75) is 0 Å². The molecular weight excluding hydrogens is 403 g/mol. The topological polar surface area (TPSA) is 87.7 Å². The lowest BCUT2D eigenvalue weighted by Crippen LogP contribution is -2.12. The molecule has 0 atom stereocenters. The SMILES string of the molecule is O=CNc1cccc(C(=O)Nc2ccc(Oc3ccc(Cl)cc3)c(Cl)c2)c1O. The van der Waals surface area contributed by atoms with Gasteiger partial charge in [0, 0.05) is 10.7 Å². The number of para-hydroxylation sites is 1. The minimum Gasteiger partial charge on any atom is -0.505 e. The van der Waals surface area contributed by atoms with Crippen LogP contribution in [0.4, 0.5) is 11.4 Å². The highest BCUT2D eigenvalue weighted by Gasteiger charge is 2.15. The summed E-state index contributed by atoms with van der Waals surface area (Å²) in [4.78, 5) is 23.0. The van der Waals surface area contributed by atoms with Crippen molar-refractivity contribution in [1.82, 2.24) is 0 Å². The van der Waals surface area contributed by atoms with Gasteiger partial charge in [-0.25, -0.2) is 0 Å². The number of phenols is 1. The van der Waals surface area contributed by atoms with Gasteiger partial charge in [0.25, 0.3) is 5.91 Å². The Bertz CT molecular complexity index is 1020. The molecule has 0 aromatic heterocycles. The van der Waals surface area contributed by atoms with Gasteiger partial charge in [0.1, 0.15) is 11.5 Å². The number of aromatic hydroxyl groups is 1. The Hall–Kier alpha value is -3.22. The van der Waals surface area contributed by atoms with Crippen molar-refractivity contribution in [3.63, 3.8) is 0 Å². The molecule has 28 heavy (non-hydrogen) atoms. The number of benzene rings is 3. The van der Waals surface area contributed by atoms with Crippen molar-refractivity contribution in [2.24, 2.45) is 0 Å². The lowest BCUT2D eigenvalue weighted by molar-refractivity contribution is -0.105. The van der Waals surface area contributed by atoms with Crippen molar-refractivity contribution in [3.05, 3.63) is 76.3 Å². The van der Waals surface area contributed by atoms with Gasteiger partial charge in [-0.05, 0) is 54.6 Å². The van der Waals surface area contributed by atoms with Crippen LogP contribution in [0.25, 0.3) is 0 Å². The van der Waals surface area contributed by atoms with Crippen LogP contribution < -0.4 is 15.4 Å². The molecule has 0 heterocycles. The minimum absolute atomic E-state index is 0.00413. The Morgan fingerprint density at radius 1 is 1.04 bits per heavy atom. The second-order valence-electron chi connectivity index (χ2n) is 5.62. The monoisotopic (exact) mass is 416 g/mol. The molecule has 0 unspecified atom stereocenters. The van der Waals surface area contributed by atoms with Crippen molar-refractivity contribution >= 4 is 46.9 Å². The molecule has 142 valence electrons. The number of carbonyl (C=O) groups is 2. The fourth-order valence-electron chi connectivity index (χ4n) is 2.40. The number of anilines is 2. The maximum Gasteiger partial charge on any atom is 0.259 e. The standard InChI is InChI=1S/C20H14Cl2N2O4/c21-12-4-7-14(8-5-12)28-18-9-6-13(10-16(18)22)24-20(27)15-2-1-3-17(19(15)26)23-11-25/h1-11,26H,(H,23,25)(H,24,27). The van der Waals surface area contributed by atoms with Gasteiger partial charge >= 0.3 is 0 Å². The molecule has 0 fully saturated rings. The van der Waals surface area contributed by atoms with E-state index in [1.165, 1.54) is 24.3 Å². The summed E-state index contributed by atoms with van der Waals surface area (Å²) in [7, 11) is 0. The zero-order valence-electron chi connectivity index (χ0n) is 14.3. The lowest BCUT2D eigenvalue weighted by atomic mass is 10.1. The van der Waals surface area contributed by atoms with E-state index in [1.54, 1.807) is 36.4 Å². The van der Waals surface area contributed by atoms with Crippen LogP contribution >= 0.6 is 23.2 Å². The van der Waals surface area contributed by atoms with E-state index < -0.39 is 5.91 Å². The molecule has 3 aromatic rings. The van der Waals surface area contributed by atoms with Gasteiger partial charge < -0.3 is 20.5 Å². The molecule has 0 spiro atoms. The number of halogens is 2. The maximum absolute atomic E-state index is 12.4. The van der Waals surface area contributed by atoms with E-state index in [-0.39, 0.29) is 22.0 Å². The zero-order chi connectivity index (χ0) is 20.1. The molecule has 0 aliphatic rings. The number of rotatable bonds is 6. The summed E-state index contributed by atoms with van der Waals surface area (Å²) >= 11 is 12.1. The molecule has 0 saturated heterocycles. The van der Waals surface area contributed by atoms with E-state index in [9.17, 15) is 14.7 Å². The molecule has 0 aliphatic carbocycles. The molecular formula is C20H14Cl2N2O4. The number of nitrogens with one attached hydrogen (secondary N) is 2. The Kier molecular flexibility index (Phi) is 6.03. The third kappa shape index (κ3) is 4.54. The molecule has 6 nitrogen and oxygen atoms in total. The number of hydrogen-bond donors (Lipinski definition) is 3. The van der Waals surface area contributed by atoms with Gasteiger partial charge in [-0.1, -0.05) is 29.3 Å². The van der Waals surface area contributed by atoms with E-state index >= 15 is 0 Å². The van der Waals surface area contributed by atoms with E-state index in [0.29, 0.717) is 28.6 Å². The second kappa shape index (κ2) is 8.65. The molecule has 0 bridgehead atoms. The first kappa shape index (κ1) is 19.5. The predicted molar refractivity (Wildman–Crippen MR) is 109 cm³/mol. The lowest BCUT2D eigenvalue weighted by Gasteiger charge is -2.12. The van der Waals surface area contributed by atoms with E-state index in [1.807, 2.05) is 0 Å². The Morgan fingerprint density at radius 2 is 1.79 bits per heavy atom. The van der Waals surface area contributed by atoms with Crippen LogP contribution in [0.2, 0.25) is 10.0 Å². The van der Waals surface area contributed by atoms with Gasteiger partial charge in [0.05, 0.1) is 16.3 Å². The van der Waals surface area contributed by atoms with Gasteiger partial charge in [0.15, 0.2) is 5.75 Å². The van der Waals surface area contributed by atoms with E-state index in [0.717, 1.165) is 0 Å². The van der Waals surface area contributed by atoms with Crippen LogP contribution in [0.5, 0.6) is 17.2 Å². The molecule has 0 aliphatic heterocycles. The summed E-state index contributed by atoms with van der Waals surface area (Å²) in [5.41, 5.74) is 0.545. The summed E-state index contributed by atoms with van der Waals surface area (Å²) in [5, 5.41) is 15.9. The first-order chi connectivity index (χ1) is 13.5. The van der Waals surface area contributed by atoms with Crippen LogP contribution in [-0.4, -0.2) is 17.4 Å². The third-order valence-electron chi connectivity index (χ3n) is 3.73. The van der Waals surface area contributed by atoms with Crippen molar-refractivity contribution in [1.29, 1.82) is 0 Å². The number of phenolic OH excluding ortho intramolecular Hbond substituents is 1. The first-order valence-electron chi connectivity index (χ1n) is 8.04. The van der Waals surface area contributed by atoms with Gasteiger partial charge in [-0.15, -0.1) is 0 Å². The highest BCUT2D eigenvalue weighted by atomic mass is 35.5. The Morgan fingerprint density at radius 3 is 2.46 bits per heavy atom. The molecule has 0 saturated carbocycles. The largest absolute Gasteiger partial charge is 0.505 e. The van der Waals surface area contributed by atoms with E-state index in [4.69, 9.17) is 27.9 Å². The quantitative estimate of drug-likeness (QED) is 0.375. The molecule has 0 radical (unpaired) electrons. The number of hydrogen-bond acceptors (Lipinski definition) is 4. The number of amides is 2. The van der Waals surface area contributed by atoms with Crippen LogP contribution in [0.15, 0.2) is 60.7 Å². The highest BCUT2D eigenvalue weighted by Crippen LogP contribution is 2.33. The van der Waals surface area contributed by atoms with Crippen molar-refractivity contribution < 1.29 is 19.4 Å². The first-order valence-corrected chi connectivity index (χ1v) is 8.80. The summed E-state index contributed by atoms with van der Waals surface area (Å²) in [5.74, 6) is 0.0740. The van der Waals surface area contributed by atoms with Gasteiger partial charge in [-0.2, -0.15) is 0 Å². The van der Waals surface area contributed by atoms with Crippen LogP contribution in [0.1, 0.15) is 10.4 Å². The average Bonchev–Trinajstić information content (AvgIpc) is 2.67. The Labute approximate surface area is 170 Å². The maximum atomic E-state index is 12.4. The third-order valence-corrected chi connectivity index (χ3v) is 4.27. The highest BCUT2D eigenvalue weighted by molar-refractivity contribution is 6.32. The summed E-state index contributed by atoms with van der Waals surface area (Å²) in [6.45, 7) is 0. The number of carbonyl (C=O) groups excluding carboxylic acids is 2. The van der Waals surface area contributed by atoms with E-state index in [2.05, 4.69) is 10.6 Å². The van der Waals surface area contributed by atoms with Crippen molar-refractivity contribution in [2.75, 3.05) is 10.6 Å². The predicted octanol–water partition coefficient (Wildman–Crippen LogP) is 5.31.